The van der Waals surface area contributed by atoms with Crippen LogP contribution in [0.3, 0.4) is 0 Å². The summed E-state index contributed by atoms with van der Waals surface area (Å²) in [5, 5.41) is 5.04. The van der Waals surface area contributed by atoms with Crippen molar-refractivity contribution in [3.05, 3.63) is 63.9 Å². The molecule has 0 aliphatic rings. The highest BCUT2D eigenvalue weighted by molar-refractivity contribution is 5.96. The Labute approximate surface area is 248 Å². The lowest BCUT2D eigenvalue weighted by Gasteiger charge is -2.18. The first-order valence-electron chi connectivity index (χ1n) is 13.7. The summed E-state index contributed by atoms with van der Waals surface area (Å²) in [5.41, 5.74) is 1.15. The lowest BCUT2D eigenvalue weighted by atomic mass is 10.1. The second-order valence-electron chi connectivity index (χ2n) is 10.5. The number of rotatable bonds is 13. The van der Waals surface area contributed by atoms with E-state index in [0.717, 1.165) is 6.20 Å². The smallest absolute Gasteiger partial charge is 0.407 e. The highest BCUT2D eigenvalue weighted by atomic mass is 19.1. The van der Waals surface area contributed by atoms with Crippen molar-refractivity contribution in [3.63, 3.8) is 0 Å². The van der Waals surface area contributed by atoms with Gasteiger partial charge in [-0.25, -0.2) is 14.2 Å². The maximum Gasteiger partial charge on any atom is 0.407 e. The van der Waals surface area contributed by atoms with Crippen molar-refractivity contribution in [1.82, 2.24) is 29.7 Å². The zero-order chi connectivity index (χ0) is 31.7. The van der Waals surface area contributed by atoms with E-state index < -0.39 is 29.4 Å². The third-order valence-corrected chi connectivity index (χ3v) is 6.44. The summed E-state index contributed by atoms with van der Waals surface area (Å²) in [4.78, 5) is 63.6. The van der Waals surface area contributed by atoms with Gasteiger partial charge in [0.1, 0.15) is 23.1 Å². The Morgan fingerprint density at radius 1 is 1.21 bits per heavy atom. The highest BCUT2D eigenvalue weighted by Gasteiger charge is 2.23. The molecule has 14 heteroatoms. The molecule has 0 radical (unpaired) electrons. The molecule has 3 rings (SSSR count). The molecule has 1 atom stereocenters. The van der Waals surface area contributed by atoms with E-state index >= 15 is 0 Å². The zero-order valence-electron chi connectivity index (χ0n) is 25.2. The number of imidazole rings is 1. The molecule has 3 aromatic rings. The summed E-state index contributed by atoms with van der Waals surface area (Å²) in [6.07, 6.45) is 4.29. The van der Waals surface area contributed by atoms with E-state index in [9.17, 15) is 23.6 Å². The Morgan fingerprint density at radius 3 is 2.60 bits per heavy atom. The first kappa shape index (κ1) is 32.9. The number of carbonyl (C=O) groups is 3. The lowest BCUT2D eigenvalue weighted by Crippen LogP contribution is -2.44. The summed E-state index contributed by atoms with van der Waals surface area (Å²) in [6.45, 7) is 4.07. The van der Waals surface area contributed by atoms with Crippen molar-refractivity contribution in [2.24, 2.45) is 5.92 Å². The van der Waals surface area contributed by atoms with Gasteiger partial charge in [-0.05, 0) is 43.4 Å². The number of alkyl carbamates (subject to hydrolysis) is 1. The Hall–Kier alpha value is -4.59. The number of fused-ring (bicyclic) bond motifs is 1. The van der Waals surface area contributed by atoms with Gasteiger partial charge in [-0.1, -0.05) is 19.9 Å². The minimum atomic E-state index is -1.07. The Morgan fingerprint density at radius 2 is 1.95 bits per heavy atom. The quantitative estimate of drug-likeness (QED) is 0.253. The molecule has 0 fully saturated rings. The van der Waals surface area contributed by atoms with Crippen LogP contribution in [-0.2, 0) is 38.6 Å². The Kier molecular flexibility index (Phi) is 11.5. The summed E-state index contributed by atoms with van der Waals surface area (Å²) >= 11 is 0. The van der Waals surface area contributed by atoms with Crippen LogP contribution in [0, 0.1) is 11.7 Å². The Balaban J connectivity index is 1.90. The predicted molar refractivity (Wildman–Crippen MR) is 158 cm³/mol. The number of amides is 3. The maximum atomic E-state index is 14.6. The molecule has 232 valence electrons. The molecule has 3 aromatic heterocycles. The number of hydrogen-bond acceptors (Lipinski definition) is 8. The molecule has 0 spiro atoms. The van der Waals surface area contributed by atoms with Gasteiger partial charge in [0.15, 0.2) is 5.82 Å². The first-order chi connectivity index (χ1) is 20.4. The van der Waals surface area contributed by atoms with E-state index in [1.807, 2.05) is 13.8 Å². The number of nitrogens with zero attached hydrogens (tertiary/aromatic N) is 4. The van der Waals surface area contributed by atoms with Crippen molar-refractivity contribution >= 4 is 34.6 Å². The van der Waals surface area contributed by atoms with Gasteiger partial charge in [0, 0.05) is 26.9 Å². The third kappa shape index (κ3) is 8.70. The average Bonchev–Trinajstić information content (AvgIpc) is 3.39. The predicted octanol–water partition coefficient (Wildman–Crippen LogP) is 2.74. The van der Waals surface area contributed by atoms with Crippen molar-refractivity contribution in [1.29, 1.82) is 0 Å². The van der Waals surface area contributed by atoms with Crippen LogP contribution in [0.1, 0.15) is 43.9 Å². The molecule has 3 N–H and O–H groups in total. The fourth-order valence-electron chi connectivity index (χ4n) is 4.28. The second-order valence-corrected chi connectivity index (χ2v) is 10.5. The fourth-order valence-corrected chi connectivity index (χ4v) is 4.28. The minimum Gasteiger partial charge on any atom is -0.453 e. The van der Waals surface area contributed by atoms with Gasteiger partial charge >= 0.3 is 6.09 Å². The molecule has 0 saturated heterocycles. The number of aromatic nitrogens is 4. The van der Waals surface area contributed by atoms with Gasteiger partial charge in [-0.2, -0.15) is 0 Å². The molecule has 0 aliphatic heterocycles. The number of aromatic amines is 1. The van der Waals surface area contributed by atoms with Crippen LogP contribution in [0.2, 0.25) is 0 Å². The largest absolute Gasteiger partial charge is 0.453 e. The number of likely N-dealkylation sites (N-methyl/N-ethyl adjacent to an activating group) is 1. The van der Waals surface area contributed by atoms with Crippen molar-refractivity contribution in [3.8, 4) is 0 Å². The standard InChI is InChI=1S/C29H38FN7O6/c1-17(2)13-22-26-25(19(30)14-31-22)34-23(35-26)15-37-18(16-42-5)11-12-21(28(37)40)32-27(39)20(33-29(41)43-6)9-7-8-10-24(38)36(3)4/h8,10-12,14,17,20H,7,9,13,15-16H2,1-6H3,(H,32,39)(H,33,41)(H,34,35)/b10-8+/t20-/m0/s1. The number of hydrogen-bond donors (Lipinski definition) is 3. The van der Waals surface area contributed by atoms with Crippen LogP contribution in [-0.4, -0.2) is 76.7 Å². The molecule has 0 aliphatic carbocycles. The van der Waals surface area contributed by atoms with Gasteiger partial charge in [-0.3, -0.25) is 19.4 Å². The van der Waals surface area contributed by atoms with Gasteiger partial charge in [0.2, 0.25) is 11.8 Å². The van der Waals surface area contributed by atoms with Crippen LogP contribution in [0.5, 0.6) is 0 Å². The molecule has 0 aromatic carbocycles. The van der Waals surface area contributed by atoms with Crippen molar-refractivity contribution < 1.29 is 28.2 Å². The maximum absolute atomic E-state index is 14.6. The van der Waals surface area contributed by atoms with Crippen LogP contribution in [0.4, 0.5) is 14.9 Å². The first-order valence-corrected chi connectivity index (χ1v) is 13.7. The number of nitrogens with one attached hydrogen (secondary N) is 3. The van der Waals surface area contributed by atoms with Crippen LogP contribution >= 0.6 is 0 Å². The molecule has 13 nitrogen and oxygen atoms in total. The molecular weight excluding hydrogens is 561 g/mol. The number of ether oxygens (including phenoxy) is 2. The number of halogens is 1. The van der Waals surface area contributed by atoms with E-state index in [-0.39, 0.29) is 49.0 Å². The number of carbonyl (C=O) groups excluding carboxylic acids is 3. The highest BCUT2D eigenvalue weighted by Crippen LogP contribution is 2.21. The van der Waals surface area contributed by atoms with Crippen molar-refractivity contribution in [2.75, 3.05) is 33.6 Å². The van der Waals surface area contributed by atoms with Gasteiger partial charge < -0.3 is 34.6 Å². The number of anilines is 1. The second kappa shape index (κ2) is 15.0. The SMILES string of the molecule is COCc1ccc(NC(=O)[C@H](CC/C=C/C(=O)N(C)C)NC(=O)OC)c(=O)n1Cc1nc2c(F)cnc(CC(C)C)c2[nH]1. The number of H-pyrrole nitrogens is 1. The van der Waals surface area contributed by atoms with Crippen LogP contribution in [0.25, 0.3) is 11.0 Å². The molecular formula is C29H38FN7O6. The minimum absolute atomic E-state index is 0.0516. The van der Waals surface area contributed by atoms with Gasteiger partial charge in [0.25, 0.3) is 5.56 Å². The van der Waals surface area contributed by atoms with E-state index in [4.69, 9.17) is 4.74 Å². The summed E-state index contributed by atoms with van der Waals surface area (Å²) < 4.78 is 25.8. The summed E-state index contributed by atoms with van der Waals surface area (Å²) in [5.74, 6) is -0.868. The average molecular weight is 600 g/mol. The molecule has 0 saturated carbocycles. The zero-order valence-corrected chi connectivity index (χ0v) is 25.2. The number of allylic oxidation sites excluding steroid dienone is 1. The van der Waals surface area contributed by atoms with Crippen LogP contribution in [0.15, 0.2) is 35.3 Å². The normalized spacial score (nSPS) is 12.1. The lowest BCUT2D eigenvalue weighted by molar-refractivity contribution is -0.123. The topological polar surface area (TPSA) is 161 Å². The fraction of sp³-hybridized carbons (Fsp3) is 0.448. The summed E-state index contributed by atoms with van der Waals surface area (Å²) in [6, 6.07) is 2.00. The van der Waals surface area contributed by atoms with Crippen LogP contribution < -0.4 is 16.2 Å². The van der Waals surface area contributed by atoms with Gasteiger partial charge in [-0.15, -0.1) is 0 Å². The molecule has 3 amide bonds. The number of methoxy groups -OCH3 is 2. The van der Waals surface area contributed by atoms with Crippen molar-refractivity contribution in [2.45, 2.75) is 52.3 Å². The van der Waals surface area contributed by atoms with E-state index in [2.05, 4.69) is 30.3 Å². The van der Waals surface area contributed by atoms with E-state index in [1.165, 1.54) is 35.8 Å². The monoisotopic (exact) mass is 599 g/mol. The summed E-state index contributed by atoms with van der Waals surface area (Å²) in [7, 11) is 5.87. The van der Waals surface area contributed by atoms with E-state index in [0.29, 0.717) is 29.1 Å². The third-order valence-electron chi connectivity index (χ3n) is 6.44. The molecule has 0 bridgehead atoms. The molecule has 3 heterocycles. The Bertz CT molecular complexity index is 1550. The van der Waals surface area contributed by atoms with Gasteiger partial charge in [0.05, 0.1) is 37.7 Å². The molecule has 0 unspecified atom stereocenters. The molecule has 43 heavy (non-hydrogen) atoms. The van der Waals surface area contributed by atoms with E-state index in [1.54, 1.807) is 26.2 Å². The number of pyridine rings is 2.